The minimum Gasteiger partial charge on any atom is -0.303 e. The number of sulfonamides is 1. The molecule has 2 N–H and O–H groups in total. The van der Waals surface area contributed by atoms with Crippen molar-refractivity contribution in [2.75, 3.05) is 13.2 Å². The molecule has 3 aromatic carbocycles. The third kappa shape index (κ3) is 6.43. The van der Waals surface area contributed by atoms with Gasteiger partial charge in [0, 0.05) is 18.4 Å². The van der Waals surface area contributed by atoms with Crippen LogP contribution in [-0.4, -0.2) is 36.2 Å². The van der Waals surface area contributed by atoms with Gasteiger partial charge in [-0.3, -0.25) is 9.55 Å². The van der Waals surface area contributed by atoms with Gasteiger partial charge in [-0.2, -0.15) is 17.9 Å². The summed E-state index contributed by atoms with van der Waals surface area (Å²) < 4.78 is 69.6. The molecule has 0 bridgehead atoms. The Kier molecular flexibility index (Phi) is 8.14. The van der Waals surface area contributed by atoms with Crippen molar-refractivity contribution in [2.45, 2.75) is 24.4 Å². The highest BCUT2D eigenvalue weighted by molar-refractivity contribution is 7.89. The lowest BCUT2D eigenvalue weighted by atomic mass is 10.1. The van der Waals surface area contributed by atoms with Gasteiger partial charge < -0.3 is 5.32 Å². The van der Waals surface area contributed by atoms with Crippen molar-refractivity contribution in [2.24, 2.45) is 0 Å². The second-order valence-corrected chi connectivity index (χ2v) is 11.5. The third-order valence-electron chi connectivity index (χ3n) is 6.45. The summed E-state index contributed by atoms with van der Waals surface area (Å²) in [5.41, 5.74) is 2.72. The predicted molar refractivity (Wildman–Crippen MR) is 152 cm³/mol. The molecule has 7 nitrogen and oxygen atoms in total. The van der Waals surface area contributed by atoms with Gasteiger partial charge in [0.25, 0.3) is 0 Å². The zero-order valence-corrected chi connectivity index (χ0v) is 23.4. The number of aromatic nitrogens is 3. The molecule has 212 valence electrons. The fraction of sp³-hybridized carbons (Fsp3) is 0.172. The van der Waals surface area contributed by atoms with Crippen LogP contribution in [0.1, 0.15) is 16.7 Å². The van der Waals surface area contributed by atoms with Crippen LogP contribution in [-0.2, 0) is 22.6 Å². The van der Waals surface area contributed by atoms with Gasteiger partial charge in [-0.1, -0.05) is 47.5 Å². The van der Waals surface area contributed by atoms with E-state index in [1.807, 2.05) is 31.2 Å². The second kappa shape index (κ2) is 11.6. The summed E-state index contributed by atoms with van der Waals surface area (Å²) in [6.07, 6.45) is -2.41. The van der Waals surface area contributed by atoms with E-state index in [4.69, 9.17) is 11.6 Å². The number of hydrogen-bond donors (Lipinski definition) is 2. The number of pyridine rings is 1. The van der Waals surface area contributed by atoms with Crippen LogP contribution in [0.5, 0.6) is 0 Å². The summed E-state index contributed by atoms with van der Waals surface area (Å²) in [5.74, 6) is 0.381. The first-order valence-corrected chi connectivity index (χ1v) is 14.5. The Morgan fingerprint density at radius 2 is 1.71 bits per heavy atom. The Morgan fingerprint density at radius 3 is 2.37 bits per heavy atom. The molecular weight excluding hydrogens is 575 g/mol. The maximum absolute atomic E-state index is 13.5. The number of halogens is 4. The van der Waals surface area contributed by atoms with Crippen LogP contribution >= 0.6 is 11.6 Å². The maximum atomic E-state index is 13.5. The number of imidazole rings is 1. The molecule has 12 heteroatoms. The average Bonchev–Trinajstić information content (AvgIpc) is 3.31. The quantitative estimate of drug-likeness (QED) is 0.157. The van der Waals surface area contributed by atoms with Crippen LogP contribution in [0.25, 0.3) is 28.2 Å². The molecule has 0 saturated heterocycles. The van der Waals surface area contributed by atoms with E-state index in [2.05, 4.69) is 20.0 Å². The second-order valence-electron chi connectivity index (χ2n) is 9.36. The van der Waals surface area contributed by atoms with Crippen molar-refractivity contribution < 1.29 is 21.6 Å². The highest BCUT2D eigenvalue weighted by atomic mass is 35.5. The van der Waals surface area contributed by atoms with E-state index in [-0.39, 0.29) is 17.1 Å². The molecular formula is C29H25ClF3N5O2S. The van der Waals surface area contributed by atoms with E-state index in [1.54, 1.807) is 53.2 Å². The molecule has 0 aliphatic heterocycles. The molecule has 0 aliphatic carbocycles. The smallest absolute Gasteiger partial charge is 0.303 e. The molecule has 0 aliphatic rings. The van der Waals surface area contributed by atoms with Crippen LogP contribution in [0, 0.1) is 6.92 Å². The molecule has 0 spiro atoms. The zero-order chi connectivity index (χ0) is 29.2. The highest BCUT2D eigenvalue weighted by Gasteiger charge is 2.34. The largest absolute Gasteiger partial charge is 0.417 e. The Labute approximate surface area is 240 Å². The minimum absolute atomic E-state index is 0.0728. The van der Waals surface area contributed by atoms with Crippen LogP contribution in [0.3, 0.4) is 0 Å². The van der Waals surface area contributed by atoms with Crippen LogP contribution in [0.2, 0.25) is 5.02 Å². The van der Waals surface area contributed by atoms with Gasteiger partial charge in [-0.25, -0.2) is 13.4 Å². The van der Waals surface area contributed by atoms with E-state index in [9.17, 15) is 21.6 Å². The average molecular weight is 600 g/mol. The van der Waals surface area contributed by atoms with E-state index in [1.165, 1.54) is 6.07 Å². The van der Waals surface area contributed by atoms with Gasteiger partial charge in [-0.15, -0.1) is 0 Å². The van der Waals surface area contributed by atoms with Crippen molar-refractivity contribution in [3.8, 4) is 17.2 Å². The van der Waals surface area contributed by atoms with Crippen molar-refractivity contribution in [3.63, 3.8) is 0 Å². The number of benzene rings is 3. The Morgan fingerprint density at radius 1 is 0.976 bits per heavy atom. The number of hydrogen-bond acceptors (Lipinski definition) is 5. The van der Waals surface area contributed by atoms with Gasteiger partial charge in [0.1, 0.15) is 5.69 Å². The molecule has 0 unspecified atom stereocenters. The van der Waals surface area contributed by atoms with Crippen molar-refractivity contribution in [1.82, 2.24) is 24.6 Å². The molecule has 0 atom stereocenters. The van der Waals surface area contributed by atoms with Gasteiger partial charge >= 0.3 is 6.18 Å². The van der Waals surface area contributed by atoms with E-state index >= 15 is 0 Å². The number of nitrogens with one attached hydrogen (secondary N) is 2. The maximum Gasteiger partial charge on any atom is 0.417 e. The predicted octanol–water partition coefficient (Wildman–Crippen LogP) is 6.14. The molecule has 0 radical (unpaired) electrons. The Balaban J connectivity index is 1.32. The zero-order valence-electron chi connectivity index (χ0n) is 21.8. The lowest BCUT2D eigenvalue weighted by Gasteiger charge is -2.12. The first-order chi connectivity index (χ1) is 19.5. The van der Waals surface area contributed by atoms with Gasteiger partial charge in [0.2, 0.25) is 10.0 Å². The first-order valence-electron chi connectivity index (χ1n) is 12.6. The summed E-state index contributed by atoms with van der Waals surface area (Å²) in [7, 11) is -3.61. The third-order valence-corrected chi connectivity index (χ3v) is 8.18. The number of aryl methyl sites for hydroxylation is 1. The van der Waals surface area contributed by atoms with E-state index < -0.39 is 26.8 Å². The minimum atomic E-state index is -4.61. The van der Waals surface area contributed by atoms with E-state index in [0.29, 0.717) is 35.7 Å². The molecule has 0 amide bonds. The molecule has 5 aromatic rings. The number of alkyl halides is 3. The van der Waals surface area contributed by atoms with Gasteiger partial charge in [0.05, 0.1) is 33.2 Å². The van der Waals surface area contributed by atoms with E-state index in [0.717, 1.165) is 17.2 Å². The lowest BCUT2D eigenvalue weighted by Crippen LogP contribution is -2.34. The van der Waals surface area contributed by atoms with Crippen LogP contribution in [0.15, 0.2) is 90.0 Å². The van der Waals surface area contributed by atoms with Crippen molar-refractivity contribution in [3.05, 3.63) is 107 Å². The lowest BCUT2D eigenvalue weighted by molar-refractivity contribution is -0.137. The summed E-state index contributed by atoms with van der Waals surface area (Å²) in [4.78, 5) is 9.04. The standard InChI is InChI=1S/C29H25ClF3N5O2S/c1-19-5-11-22(12-6-19)41(39,40)36-18-34-15-13-20-7-9-21(10-8-20)38-27-17-24(30)23(29(31,32)33)16-26(27)37-28(38)25-4-2-3-14-35-25/h2-12,14,16-17,34,36H,13,15,18H2,1H3. The normalized spacial score (nSPS) is 12.2. The van der Waals surface area contributed by atoms with Crippen LogP contribution in [0.4, 0.5) is 13.2 Å². The molecule has 41 heavy (non-hydrogen) atoms. The summed E-state index contributed by atoms with van der Waals surface area (Å²) in [6.45, 7) is 2.47. The topological polar surface area (TPSA) is 88.9 Å². The summed E-state index contributed by atoms with van der Waals surface area (Å²) >= 11 is 6.05. The van der Waals surface area contributed by atoms with Gasteiger partial charge in [0.15, 0.2) is 5.82 Å². The van der Waals surface area contributed by atoms with Crippen LogP contribution < -0.4 is 10.0 Å². The molecule has 5 rings (SSSR count). The number of nitrogens with zero attached hydrogens (tertiary/aromatic N) is 3. The monoisotopic (exact) mass is 599 g/mol. The first kappa shape index (κ1) is 28.7. The molecule has 2 heterocycles. The Hall–Kier alpha value is -3.77. The molecule has 2 aromatic heterocycles. The summed E-state index contributed by atoms with van der Waals surface area (Å²) in [6, 6.07) is 21.6. The molecule has 0 saturated carbocycles. The van der Waals surface area contributed by atoms with Gasteiger partial charge in [-0.05, 0) is 67.4 Å². The Bertz CT molecular complexity index is 1770. The number of fused-ring (bicyclic) bond motifs is 1. The highest BCUT2D eigenvalue weighted by Crippen LogP contribution is 2.38. The SMILES string of the molecule is Cc1ccc(S(=O)(=O)NCNCCc2ccc(-n3c(-c4ccccn4)nc4cc(C(F)(F)F)c(Cl)cc43)cc2)cc1. The molecule has 0 fully saturated rings. The van der Waals surface area contributed by atoms with Crippen molar-refractivity contribution >= 4 is 32.7 Å². The van der Waals surface area contributed by atoms with Crippen molar-refractivity contribution in [1.29, 1.82) is 0 Å². The summed E-state index contributed by atoms with van der Waals surface area (Å²) in [5, 5.41) is 2.65. The fourth-order valence-electron chi connectivity index (χ4n) is 4.32. The fourth-order valence-corrected chi connectivity index (χ4v) is 5.54. The number of rotatable bonds is 9.